The van der Waals surface area contributed by atoms with E-state index in [1.165, 1.54) is 31.2 Å². The van der Waals surface area contributed by atoms with Gasteiger partial charge in [0.05, 0.1) is 0 Å². The van der Waals surface area contributed by atoms with Crippen LogP contribution in [0.15, 0.2) is 18.3 Å². The summed E-state index contributed by atoms with van der Waals surface area (Å²) in [6.07, 6.45) is 7.29. The van der Waals surface area contributed by atoms with Crippen molar-refractivity contribution in [1.29, 1.82) is 0 Å². The lowest BCUT2D eigenvalue weighted by molar-refractivity contribution is 0.306. The second-order valence-electron chi connectivity index (χ2n) is 5.09. The predicted molar refractivity (Wildman–Crippen MR) is 67.2 cm³/mol. The molecule has 1 aromatic heterocycles. The van der Waals surface area contributed by atoms with Crippen LogP contribution in [0.5, 0.6) is 0 Å². The van der Waals surface area contributed by atoms with Crippen molar-refractivity contribution in [2.24, 2.45) is 5.92 Å². The Morgan fingerprint density at radius 3 is 2.75 bits per heavy atom. The predicted octanol–water partition coefficient (Wildman–Crippen LogP) is 3.06. The fraction of sp³-hybridized carbons (Fsp3) is 0.643. The van der Waals surface area contributed by atoms with Gasteiger partial charge >= 0.3 is 0 Å². The van der Waals surface area contributed by atoms with Crippen LogP contribution in [0.25, 0.3) is 0 Å². The lowest BCUT2D eigenvalue weighted by Crippen LogP contribution is -2.32. The maximum atomic E-state index is 4.31. The highest BCUT2D eigenvalue weighted by atomic mass is 14.9. The number of pyridine rings is 1. The Kier molecular flexibility index (Phi) is 3.94. The van der Waals surface area contributed by atoms with Crippen LogP contribution in [0.1, 0.15) is 43.9 Å². The zero-order chi connectivity index (χ0) is 11.4. The van der Waals surface area contributed by atoms with Crippen molar-refractivity contribution in [3.63, 3.8) is 0 Å². The molecule has 88 valence electrons. The lowest BCUT2D eigenvalue weighted by atomic mass is 9.87. The third-order valence-corrected chi connectivity index (χ3v) is 3.71. The minimum Gasteiger partial charge on any atom is -0.310 e. The minimum atomic E-state index is 0.718. The smallest absolute Gasteiger partial charge is 0.0417 e. The molecule has 1 aromatic rings. The molecule has 1 fully saturated rings. The van der Waals surface area contributed by atoms with Gasteiger partial charge in [0.1, 0.15) is 0 Å². The van der Waals surface area contributed by atoms with E-state index in [-0.39, 0.29) is 0 Å². The first kappa shape index (κ1) is 11.6. The van der Waals surface area contributed by atoms with Gasteiger partial charge < -0.3 is 5.32 Å². The van der Waals surface area contributed by atoms with Crippen LogP contribution in [0, 0.1) is 12.8 Å². The summed E-state index contributed by atoms with van der Waals surface area (Å²) in [4.78, 5) is 4.31. The van der Waals surface area contributed by atoms with Crippen molar-refractivity contribution in [2.45, 2.75) is 52.1 Å². The van der Waals surface area contributed by atoms with E-state index in [2.05, 4.69) is 30.2 Å². The van der Waals surface area contributed by atoms with Gasteiger partial charge in [-0.25, -0.2) is 0 Å². The molecule has 1 heterocycles. The number of aromatic nitrogens is 1. The number of rotatable bonds is 3. The first-order valence-corrected chi connectivity index (χ1v) is 6.39. The molecule has 2 nitrogen and oxygen atoms in total. The lowest BCUT2D eigenvalue weighted by Gasteiger charge is -2.27. The highest BCUT2D eigenvalue weighted by Gasteiger charge is 2.17. The largest absolute Gasteiger partial charge is 0.310 e. The van der Waals surface area contributed by atoms with Gasteiger partial charge in [-0.15, -0.1) is 0 Å². The zero-order valence-corrected chi connectivity index (χ0v) is 10.4. The average Bonchev–Trinajstić information content (AvgIpc) is 2.30. The van der Waals surface area contributed by atoms with E-state index >= 15 is 0 Å². The molecule has 2 rings (SSSR count). The van der Waals surface area contributed by atoms with Gasteiger partial charge in [0.15, 0.2) is 0 Å². The van der Waals surface area contributed by atoms with Crippen LogP contribution in [-0.4, -0.2) is 11.0 Å². The molecule has 0 saturated heterocycles. The van der Waals surface area contributed by atoms with Gasteiger partial charge in [0, 0.05) is 24.5 Å². The van der Waals surface area contributed by atoms with E-state index in [1.54, 1.807) is 0 Å². The quantitative estimate of drug-likeness (QED) is 0.843. The molecular formula is C14H22N2. The van der Waals surface area contributed by atoms with E-state index in [0.717, 1.165) is 24.2 Å². The first-order chi connectivity index (χ1) is 7.75. The highest BCUT2D eigenvalue weighted by Crippen LogP contribution is 2.23. The van der Waals surface area contributed by atoms with Crippen LogP contribution in [0.2, 0.25) is 0 Å². The molecule has 0 aliphatic heterocycles. The summed E-state index contributed by atoms with van der Waals surface area (Å²) >= 11 is 0. The Bertz CT molecular complexity index is 327. The van der Waals surface area contributed by atoms with Gasteiger partial charge in [-0.1, -0.05) is 13.0 Å². The molecule has 1 aliphatic carbocycles. The van der Waals surface area contributed by atoms with Crippen molar-refractivity contribution in [3.05, 3.63) is 29.6 Å². The molecule has 0 unspecified atom stereocenters. The van der Waals surface area contributed by atoms with Crippen molar-refractivity contribution >= 4 is 0 Å². The number of hydrogen-bond acceptors (Lipinski definition) is 2. The third-order valence-electron chi connectivity index (χ3n) is 3.71. The maximum absolute atomic E-state index is 4.31. The Labute approximate surface area is 98.5 Å². The van der Waals surface area contributed by atoms with Gasteiger partial charge in [0.25, 0.3) is 0 Å². The SMILES string of the molecule is Cc1ncccc1CNC1CCC(C)CC1. The summed E-state index contributed by atoms with van der Waals surface area (Å²) in [5.74, 6) is 0.929. The molecule has 0 radical (unpaired) electrons. The molecule has 16 heavy (non-hydrogen) atoms. The monoisotopic (exact) mass is 218 g/mol. The summed E-state index contributed by atoms with van der Waals surface area (Å²) in [5, 5.41) is 3.66. The summed E-state index contributed by atoms with van der Waals surface area (Å²) in [6, 6.07) is 4.91. The summed E-state index contributed by atoms with van der Waals surface area (Å²) in [6.45, 7) is 5.42. The normalized spacial score (nSPS) is 25.6. The van der Waals surface area contributed by atoms with Crippen LogP contribution < -0.4 is 5.32 Å². The molecule has 1 N–H and O–H groups in total. The van der Waals surface area contributed by atoms with Crippen LogP contribution in [0.3, 0.4) is 0 Å². The highest BCUT2D eigenvalue weighted by molar-refractivity contribution is 5.17. The Balaban J connectivity index is 1.81. The van der Waals surface area contributed by atoms with Gasteiger partial charge in [-0.3, -0.25) is 4.98 Å². The summed E-state index contributed by atoms with van der Waals surface area (Å²) in [7, 11) is 0. The van der Waals surface area contributed by atoms with Crippen LogP contribution in [-0.2, 0) is 6.54 Å². The Morgan fingerprint density at radius 1 is 1.31 bits per heavy atom. The molecule has 0 spiro atoms. The van der Waals surface area contributed by atoms with Crippen molar-refractivity contribution < 1.29 is 0 Å². The summed E-state index contributed by atoms with van der Waals surface area (Å²) < 4.78 is 0. The van der Waals surface area contributed by atoms with E-state index in [4.69, 9.17) is 0 Å². The molecular weight excluding hydrogens is 196 g/mol. The number of aryl methyl sites for hydroxylation is 1. The molecule has 0 aromatic carbocycles. The average molecular weight is 218 g/mol. The van der Waals surface area contributed by atoms with E-state index in [9.17, 15) is 0 Å². The number of hydrogen-bond donors (Lipinski definition) is 1. The minimum absolute atomic E-state index is 0.718. The molecule has 0 atom stereocenters. The molecule has 1 aliphatic rings. The van der Waals surface area contributed by atoms with Crippen molar-refractivity contribution in [1.82, 2.24) is 10.3 Å². The van der Waals surface area contributed by atoms with Crippen LogP contribution >= 0.6 is 0 Å². The molecule has 0 bridgehead atoms. The molecule has 1 saturated carbocycles. The fourth-order valence-corrected chi connectivity index (χ4v) is 2.42. The fourth-order valence-electron chi connectivity index (χ4n) is 2.42. The Morgan fingerprint density at radius 2 is 2.06 bits per heavy atom. The number of nitrogens with one attached hydrogen (secondary N) is 1. The van der Waals surface area contributed by atoms with Crippen molar-refractivity contribution in [2.75, 3.05) is 0 Å². The van der Waals surface area contributed by atoms with E-state index < -0.39 is 0 Å². The maximum Gasteiger partial charge on any atom is 0.0417 e. The van der Waals surface area contributed by atoms with Crippen LogP contribution in [0.4, 0.5) is 0 Å². The Hall–Kier alpha value is -0.890. The molecule has 2 heteroatoms. The van der Waals surface area contributed by atoms with E-state index in [1.807, 2.05) is 12.3 Å². The number of nitrogens with zero attached hydrogens (tertiary/aromatic N) is 1. The van der Waals surface area contributed by atoms with Gasteiger partial charge in [0.2, 0.25) is 0 Å². The zero-order valence-electron chi connectivity index (χ0n) is 10.4. The van der Waals surface area contributed by atoms with Crippen molar-refractivity contribution in [3.8, 4) is 0 Å². The first-order valence-electron chi connectivity index (χ1n) is 6.39. The third kappa shape index (κ3) is 3.05. The van der Waals surface area contributed by atoms with Gasteiger partial charge in [-0.2, -0.15) is 0 Å². The second kappa shape index (κ2) is 5.44. The summed E-state index contributed by atoms with van der Waals surface area (Å²) in [5.41, 5.74) is 2.49. The second-order valence-corrected chi connectivity index (χ2v) is 5.09. The topological polar surface area (TPSA) is 24.9 Å². The van der Waals surface area contributed by atoms with Gasteiger partial charge in [-0.05, 0) is 50.2 Å². The standard InChI is InChI=1S/C14H22N2/c1-11-5-7-14(8-6-11)16-10-13-4-3-9-15-12(13)2/h3-4,9,11,14,16H,5-8,10H2,1-2H3. The van der Waals surface area contributed by atoms with E-state index in [0.29, 0.717) is 0 Å². The molecule has 0 amide bonds.